The molecule has 1 aromatic carbocycles. The molecule has 0 radical (unpaired) electrons. The van der Waals surface area contributed by atoms with Gasteiger partial charge in [0.2, 0.25) is 0 Å². The quantitative estimate of drug-likeness (QED) is 0.803. The van der Waals surface area contributed by atoms with Crippen molar-refractivity contribution in [2.45, 2.75) is 32.9 Å². The zero-order valence-electron chi connectivity index (χ0n) is 14.0. The predicted molar refractivity (Wildman–Crippen MR) is 92.9 cm³/mol. The number of benzene rings is 1. The van der Waals surface area contributed by atoms with Crippen molar-refractivity contribution in [3.63, 3.8) is 0 Å². The third-order valence-electron chi connectivity index (χ3n) is 4.48. The number of hydrogen-bond donors (Lipinski definition) is 2. The topological polar surface area (TPSA) is 65.2 Å². The molecule has 1 saturated heterocycles. The Labute approximate surface area is 142 Å². The molecule has 126 valence electrons. The van der Waals surface area contributed by atoms with Crippen LogP contribution in [0.2, 0.25) is 0 Å². The fraction of sp³-hybridized carbons (Fsp3) is 0.368. The molecule has 5 nitrogen and oxygen atoms in total. The lowest BCUT2D eigenvalue weighted by atomic mass is 10.1. The second-order valence-electron chi connectivity index (χ2n) is 6.29. The highest BCUT2D eigenvalue weighted by atomic mass is 16.2. The smallest absolute Gasteiger partial charge is 0.267 e. The Morgan fingerprint density at radius 2 is 1.88 bits per heavy atom. The molecular formula is C19H23N3O2. The van der Waals surface area contributed by atoms with Crippen molar-refractivity contribution in [3.05, 3.63) is 58.9 Å². The summed E-state index contributed by atoms with van der Waals surface area (Å²) >= 11 is 0. The van der Waals surface area contributed by atoms with Crippen LogP contribution in [-0.2, 0) is 13.1 Å². The van der Waals surface area contributed by atoms with E-state index in [0.29, 0.717) is 17.8 Å². The molecule has 2 aromatic rings. The average Bonchev–Trinajstić information content (AvgIpc) is 3.25. The van der Waals surface area contributed by atoms with Crippen LogP contribution in [0.25, 0.3) is 0 Å². The van der Waals surface area contributed by atoms with Crippen LogP contribution >= 0.6 is 0 Å². The highest BCUT2D eigenvalue weighted by Gasteiger charge is 2.15. The van der Waals surface area contributed by atoms with Crippen LogP contribution < -0.4 is 5.32 Å². The van der Waals surface area contributed by atoms with E-state index in [-0.39, 0.29) is 11.7 Å². The molecule has 1 aliphatic heterocycles. The van der Waals surface area contributed by atoms with Crippen molar-refractivity contribution < 1.29 is 9.59 Å². The highest BCUT2D eigenvalue weighted by Crippen LogP contribution is 2.16. The molecular weight excluding hydrogens is 302 g/mol. The summed E-state index contributed by atoms with van der Waals surface area (Å²) in [7, 11) is 0. The van der Waals surface area contributed by atoms with Crippen LogP contribution in [0.3, 0.4) is 0 Å². The van der Waals surface area contributed by atoms with E-state index in [1.54, 1.807) is 12.3 Å². The molecule has 2 N–H and O–H groups in total. The summed E-state index contributed by atoms with van der Waals surface area (Å²) in [6, 6.07) is 9.82. The van der Waals surface area contributed by atoms with Crippen molar-refractivity contribution >= 4 is 11.7 Å². The molecule has 1 aromatic heterocycles. The minimum atomic E-state index is -0.196. The zero-order valence-corrected chi connectivity index (χ0v) is 14.0. The SMILES string of the molecule is CC(=O)c1c[nH]c(C(=O)NCc2ccccc2CN2CCCC2)c1. The van der Waals surface area contributed by atoms with Crippen molar-refractivity contribution in [1.82, 2.24) is 15.2 Å². The maximum atomic E-state index is 12.2. The van der Waals surface area contributed by atoms with Crippen LogP contribution in [0.5, 0.6) is 0 Å². The van der Waals surface area contributed by atoms with Gasteiger partial charge in [-0.3, -0.25) is 14.5 Å². The number of carbonyl (C=O) groups excluding carboxylic acids is 2. The molecule has 24 heavy (non-hydrogen) atoms. The number of H-pyrrole nitrogens is 1. The number of aromatic nitrogens is 1. The molecule has 0 spiro atoms. The molecule has 3 rings (SSSR count). The van der Waals surface area contributed by atoms with Gasteiger partial charge in [-0.15, -0.1) is 0 Å². The number of ketones is 1. The minimum Gasteiger partial charge on any atom is -0.356 e. The van der Waals surface area contributed by atoms with Crippen molar-refractivity contribution in [1.29, 1.82) is 0 Å². The van der Waals surface area contributed by atoms with E-state index in [0.717, 1.165) is 25.2 Å². The Morgan fingerprint density at radius 1 is 1.17 bits per heavy atom. The summed E-state index contributed by atoms with van der Waals surface area (Å²) in [4.78, 5) is 28.9. The number of nitrogens with one attached hydrogen (secondary N) is 2. The normalized spacial score (nSPS) is 14.7. The lowest BCUT2D eigenvalue weighted by molar-refractivity contribution is 0.0946. The first-order valence-corrected chi connectivity index (χ1v) is 8.40. The summed E-state index contributed by atoms with van der Waals surface area (Å²) in [6.07, 6.45) is 4.10. The van der Waals surface area contributed by atoms with Gasteiger partial charge in [-0.1, -0.05) is 24.3 Å². The van der Waals surface area contributed by atoms with Gasteiger partial charge in [0.05, 0.1) is 0 Å². The van der Waals surface area contributed by atoms with E-state index in [1.165, 1.54) is 25.3 Å². The fourth-order valence-electron chi connectivity index (χ4n) is 3.07. The fourth-order valence-corrected chi connectivity index (χ4v) is 3.07. The van der Waals surface area contributed by atoms with E-state index in [2.05, 4.69) is 27.3 Å². The first-order valence-electron chi connectivity index (χ1n) is 8.40. The van der Waals surface area contributed by atoms with Gasteiger partial charge in [0.15, 0.2) is 5.78 Å². The summed E-state index contributed by atoms with van der Waals surface area (Å²) in [5, 5.41) is 2.93. The Morgan fingerprint density at radius 3 is 2.54 bits per heavy atom. The van der Waals surface area contributed by atoms with Gasteiger partial charge in [0.1, 0.15) is 5.69 Å². The van der Waals surface area contributed by atoms with Gasteiger partial charge in [-0.05, 0) is 50.0 Å². The second-order valence-corrected chi connectivity index (χ2v) is 6.29. The van der Waals surface area contributed by atoms with Crippen molar-refractivity contribution in [3.8, 4) is 0 Å². The van der Waals surface area contributed by atoms with Gasteiger partial charge in [0.25, 0.3) is 5.91 Å². The van der Waals surface area contributed by atoms with Crippen LogP contribution in [0.15, 0.2) is 36.5 Å². The van der Waals surface area contributed by atoms with Crippen LogP contribution in [0.4, 0.5) is 0 Å². The third kappa shape index (κ3) is 3.92. The maximum Gasteiger partial charge on any atom is 0.267 e. The van der Waals surface area contributed by atoms with Crippen molar-refractivity contribution in [2.75, 3.05) is 13.1 Å². The molecule has 0 bridgehead atoms. The maximum absolute atomic E-state index is 12.2. The van der Waals surface area contributed by atoms with Gasteiger partial charge < -0.3 is 10.3 Å². The Kier molecular flexibility index (Phi) is 5.11. The van der Waals surface area contributed by atoms with E-state index in [4.69, 9.17) is 0 Å². The van der Waals surface area contributed by atoms with E-state index < -0.39 is 0 Å². The number of carbonyl (C=O) groups is 2. The molecule has 0 atom stereocenters. The number of likely N-dealkylation sites (tertiary alicyclic amines) is 1. The van der Waals surface area contributed by atoms with Gasteiger partial charge in [0, 0.05) is 24.8 Å². The number of nitrogens with zero attached hydrogens (tertiary/aromatic N) is 1. The lowest BCUT2D eigenvalue weighted by Crippen LogP contribution is -2.25. The largest absolute Gasteiger partial charge is 0.356 e. The second kappa shape index (κ2) is 7.45. The first-order chi connectivity index (χ1) is 11.6. The van der Waals surface area contributed by atoms with Crippen LogP contribution in [0, 0.1) is 0 Å². The number of amides is 1. The van der Waals surface area contributed by atoms with Gasteiger partial charge in [-0.2, -0.15) is 0 Å². The molecule has 1 aliphatic rings. The average molecular weight is 325 g/mol. The molecule has 0 saturated carbocycles. The summed E-state index contributed by atoms with van der Waals surface area (Å²) in [5.74, 6) is -0.250. The molecule has 1 amide bonds. The number of hydrogen-bond acceptors (Lipinski definition) is 3. The zero-order chi connectivity index (χ0) is 16.9. The number of aromatic amines is 1. The molecule has 2 heterocycles. The Bertz CT molecular complexity index is 730. The van der Waals surface area contributed by atoms with E-state index >= 15 is 0 Å². The Hall–Kier alpha value is -2.40. The number of Topliss-reactive ketones (excluding diaryl/α,β-unsaturated/α-hetero) is 1. The van der Waals surface area contributed by atoms with Gasteiger partial charge >= 0.3 is 0 Å². The Balaban J connectivity index is 1.63. The van der Waals surface area contributed by atoms with Gasteiger partial charge in [-0.25, -0.2) is 0 Å². The molecule has 0 aliphatic carbocycles. The number of rotatable bonds is 6. The monoisotopic (exact) mass is 325 g/mol. The standard InChI is InChI=1S/C19H23N3O2/c1-14(23)17-10-18(20-12-17)19(24)21-11-15-6-2-3-7-16(15)13-22-8-4-5-9-22/h2-3,6-7,10,12,20H,4-5,8-9,11,13H2,1H3,(H,21,24). The molecule has 1 fully saturated rings. The first kappa shape index (κ1) is 16.5. The highest BCUT2D eigenvalue weighted by molar-refractivity contribution is 5.99. The summed E-state index contributed by atoms with van der Waals surface area (Å²) in [6.45, 7) is 5.20. The van der Waals surface area contributed by atoms with E-state index in [1.807, 2.05) is 12.1 Å². The van der Waals surface area contributed by atoms with Crippen LogP contribution in [0.1, 0.15) is 51.7 Å². The van der Waals surface area contributed by atoms with Crippen LogP contribution in [-0.4, -0.2) is 34.7 Å². The van der Waals surface area contributed by atoms with E-state index in [9.17, 15) is 9.59 Å². The molecule has 0 unspecified atom stereocenters. The third-order valence-corrected chi connectivity index (χ3v) is 4.48. The molecule has 5 heteroatoms. The minimum absolute atomic E-state index is 0.0544. The summed E-state index contributed by atoms with van der Waals surface area (Å²) < 4.78 is 0. The lowest BCUT2D eigenvalue weighted by Gasteiger charge is -2.17. The predicted octanol–water partition coefficient (Wildman–Crippen LogP) is 2.74. The summed E-state index contributed by atoms with van der Waals surface area (Å²) in [5.41, 5.74) is 3.33. The van der Waals surface area contributed by atoms with Crippen molar-refractivity contribution in [2.24, 2.45) is 0 Å².